The highest BCUT2D eigenvalue weighted by Gasteiger charge is 1.91. The van der Waals surface area contributed by atoms with E-state index in [1.54, 1.807) is 0 Å². The van der Waals surface area contributed by atoms with Crippen LogP contribution in [0.1, 0.15) is 24.8 Å². The summed E-state index contributed by atoms with van der Waals surface area (Å²) in [5.74, 6) is 0. The van der Waals surface area contributed by atoms with Crippen molar-refractivity contribution in [1.29, 1.82) is 5.26 Å². The number of hydrogen-bond donors (Lipinski definition) is 2. The van der Waals surface area contributed by atoms with Crippen LogP contribution < -0.4 is 5.32 Å². The fourth-order valence-corrected chi connectivity index (χ4v) is 1.16. The van der Waals surface area contributed by atoms with Gasteiger partial charge in [0.1, 0.15) is 0 Å². The summed E-state index contributed by atoms with van der Waals surface area (Å²) in [5.41, 5.74) is 1.28. The first-order chi connectivity index (χ1) is 6.43. The average Bonchev–Trinajstić information content (AvgIpc) is 2.63. The molecule has 0 saturated carbocycles. The van der Waals surface area contributed by atoms with E-state index in [0.717, 1.165) is 25.9 Å². The van der Waals surface area contributed by atoms with E-state index >= 15 is 0 Å². The van der Waals surface area contributed by atoms with E-state index in [9.17, 15) is 0 Å². The molecule has 1 rings (SSSR count). The highest BCUT2D eigenvalue weighted by atomic mass is 14.8. The lowest BCUT2D eigenvalue weighted by Crippen LogP contribution is -2.13. The van der Waals surface area contributed by atoms with Gasteiger partial charge in [0.05, 0.1) is 6.07 Å². The molecule has 0 unspecified atom stereocenters. The van der Waals surface area contributed by atoms with Crippen molar-refractivity contribution in [1.82, 2.24) is 10.3 Å². The monoisotopic (exact) mass is 177 g/mol. The van der Waals surface area contributed by atoms with Crippen LogP contribution in [0.3, 0.4) is 0 Å². The molecule has 0 bridgehead atoms. The second-order valence-electron chi connectivity index (χ2n) is 3.01. The largest absolute Gasteiger partial charge is 0.367 e. The van der Waals surface area contributed by atoms with Crippen LogP contribution in [-0.4, -0.2) is 11.5 Å². The fourth-order valence-electron chi connectivity index (χ4n) is 1.16. The number of hydrogen-bond acceptors (Lipinski definition) is 2. The van der Waals surface area contributed by atoms with Crippen molar-refractivity contribution in [2.45, 2.75) is 25.8 Å². The van der Waals surface area contributed by atoms with Gasteiger partial charge >= 0.3 is 0 Å². The number of aromatic amines is 1. The van der Waals surface area contributed by atoms with Crippen molar-refractivity contribution >= 4 is 0 Å². The van der Waals surface area contributed by atoms with Crippen molar-refractivity contribution in [3.8, 4) is 6.07 Å². The molecule has 3 nitrogen and oxygen atoms in total. The molecule has 2 N–H and O–H groups in total. The van der Waals surface area contributed by atoms with Gasteiger partial charge in [-0.2, -0.15) is 5.26 Å². The highest BCUT2D eigenvalue weighted by Crippen LogP contribution is 1.96. The zero-order valence-electron chi connectivity index (χ0n) is 7.71. The SMILES string of the molecule is N#CCCCCNCc1cc[nH]c1. The van der Waals surface area contributed by atoms with E-state index in [0.29, 0.717) is 6.42 Å². The fraction of sp³-hybridized carbons (Fsp3) is 0.500. The summed E-state index contributed by atoms with van der Waals surface area (Å²) in [6.07, 6.45) is 6.66. The molecule has 1 heterocycles. The van der Waals surface area contributed by atoms with E-state index in [2.05, 4.69) is 22.4 Å². The second kappa shape index (κ2) is 6.27. The molecule has 70 valence electrons. The topological polar surface area (TPSA) is 51.6 Å². The Balaban J connectivity index is 1.94. The van der Waals surface area contributed by atoms with E-state index in [-0.39, 0.29) is 0 Å². The Hall–Kier alpha value is -1.27. The highest BCUT2D eigenvalue weighted by molar-refractivity contribution is 5.07. The van der Waals surface area contributed by atoms with Crippen molar-refractivity contribution in [2.24, 2.45) is 0 Å². The third kappa shape index (κ3) is 4.34. The first-order valence-corrected chi connectivity index (χ1v) is 4.63. The molecular weight excluding hydrogens is 162 g/mol. The number of nitrogens with zero attached hydrogens (tertiary/aromatic N) is 1. The molecule has 1 aromatic rings. The standard InChI is InChI=1S/C10H15N3/c11-5-2-1-3-6-12-8-10-4-7-13-9-10/h4,7,9,12-13H,1-3,6,8H2. The maximum Gasteiger partial charge on any atom is 0.0621 e. The lowest BCUT2D eigenvalue weighted by Gasteiger charge is -2.00. The summed E-state index contributed by atoms with van der Waals surface area (Å²) >= 11 is 0. The van der Waals surface area contributed by atoms with Crippen LogP contribution in [0.4, 0.5) is 0 Å². The molecule has 0 aromatic carbocycles. The zero-order chi connectivity index (χ0) is 9.36. The third-order valence-corrected chi connectivity index (χ3v) is 1.88. The Morgan fingerprint density at radius 1 is 1.46 bits per heavy atom. The minimum absolute atomic E-state index is 0.672. The molecular formula is C10H15N3. The number of nitrogens with one attached hydrogen (secondary N) is 2. The van der Waals surface area contributed by atoms with Gasteiger partial charge in [-0.1, -0.05) is 0 Å². The van der Waals surface area contributed by atoms with Crippen LogP contribution in [0.25, 0.3) is 0 Å². The summed E-state index contributed by atoms with van der Waals surface area (Å²) in [4.78, 5) is 3.01. The van der Waals surface area contributed by atoms with E-state index in [4.69, 9.17) is 5.26 Å². The number of H-pyrrole nitrogens is 1. The Bertz CT molecular complexity index is 246. The van der Waals surface area contributed by atoms with E-state index in [1.807, 2.05) is 12.4 Å². The van der Waals surface area contributed by atoms with Crippen molar-refractivity contribution in [2.75, 3.05) is 6.54 Å². The van der Waals surface area contributed by atoms with Gasteiger partial charge in [-0.3, -0.25) is 0 Å². The quantitative estimate of drug-likeness (QED) is 0.651. The first kappa shape index (κ1) is 9.82. The maximum atomic E-state index is 8.30. The minimum atomic E-state index is 0.672. The lowest BCUT2D eigenvalue weighted by molar-refractivity contribution is 0.629. The molecule has 0 spiro atoms. The summed E-state index contributed by atoms with van der Waals surface area (Å²) in [5, 5.41) is 11.6. The maximum absolute atomic E-state index is 8.30. The lowest BCUT2D eigenvalue weighted by atomic mass is 10.2. The Kier molecular flexibility index (Phi) is 4.73. The molecule has 0 radical (unpaired) electrons. The zero-order valence-corrected chi connectivity index (χ0v) is 7.71. The van der Waals surface area contributed by atoms with Gasteiger partial charge in [0, 0.05) is 25.4 Å². The molecule has 13 heavy (non-hydrogen) atoms. The molecule has 0 amide bonds. The molecule has 0 atom stereocenters. The van der Waals surface area contributed by atoms with E-state index < -0.39 is 0 Å². The van der Waals surface area contributed by atoms with Crippen LogP contribution in [0.5, 0.6) is 0 Å². The van der Waals surface area contributed by atoms with Crippen LogP contribution in [-0.2, 0) is 6.54 Å². The van der Waals surface area contributed by atoms with Gasteiger partial charge in [-0.25, -0.2) is 0 Å². The summed E-state index contributed by atoms with van der Waals surface area (Å²) in [6.45, 7) is 1.91. The van der Waals surface area contributed by atoms with Gasteiger partial charge in [0.2, 0.25) is 0 Å². The molecule has 0 aliphatic rings. The van der Waals surface area contributed by atoms with Gasteiger partial charge in [-0.05, 0) is 31.0 Å². The Morgan fingerprint density at radius 3 is 3.08 bits per heavy atom. The van der Waals surface area contributed by atoms with Gasteiger partial charge in [0.15, 0.2) is 0 Å². The third-order valence-electron chi connectivity index (χ3n) is 1.88. The van der Waals surface area contributed by atoms with Crippen LogP contribution >= 0.6 is 0 Å². The smallest absolute Gasteiger partial charge is 0.0621 e. The predicted octanol–water partition coefficient (Wildman–Crippen LogP) is 1.80. The van der Waals surface area contributed by atoms with Gasteiger partial charge < -0.3 is 10.3 Å². The molecule has 0 fully saturated rings. The van der Waals surface area contributed by atoms with Crippen LogP contribution in [0, 0.1) is 11.3 Å². The van der Waals surface area contributed by atoms with Crippen molar-refractivity contribution in [3.05, 3.63) is 24.0 Å². The van der Waals surface area contributed by atoms with E-state index in [1.165, 1.54) is 5.56 Å². The summed E-state index contributed by atoms with van der Waals surface area (Å²) < 4.78 is 0. The molecule has 0 aliphatic heterocycles. The molecule has 0 saturated heterocycles. The number of aromatic nitrogens is 1. The molecule has 0 aliphatic carbocycles. The normalized spacial score (nSPS) is 9.77. The van der Waals surface area contributed by atoms with Crippen LogP contribution in [0.15, 0.2) is 18.5 Å². The Morgan fingerprint density at radius 2 is 2.38 bits per heavy atom. The summed E-state index contributed by atoms with van der Waals surface area (Å²) in [6, 6.07) is 4.20. The number of nitriles is 1. The van der Waals surface area contributed by atoms with Crippen molar-refractivity contribution in [3.63, 3.8) is 0 Å². The minimum Gasteiger partial charge on any atom is -0.367 e. The number of rotatable bonds is 6. The second-order valence-corrected chi connectivity index (χ2v) is 3.01. The number of unbranched alkanes of at least 4 members (excludes halogenated alkanes) is 2. The van der Waals surface area contributed by atoms with Gasteiger partial charge in [-0.15, -0.1) is 0 Å². The predicted molar refractivity (Wildman–Crippen MR) is 52.0 cm³/mol. The van der Waals surface area contributed by atoms with Crippen LogP contribution in [0.2, 0.25) is 0 Å². The summed E-state index contributed by atoms with van der Waals surface area (Å²) in [7, 11) is 0. The average molecular weight is 177 g/mol. The first-order valence-electron chi connectivity index (χ1n) is 4.63. The van der Waals surface area contributed by atoms with Crippen molar-refractivity contribution < 1.29 is 0 Å². The molecule has 1 aromatic heterocycles. The molecule has 3 heteroatoms. The Labute approximate surface area is 78.8 Å². The van der Waals surface area contributed by atoms with Gasteiger partial charge in [0.25, 0.3) is 0 Å².